The fourth-order valence-corrected chi connectivity index (χ4v) is 1.43. The highest BCUT2D eigenvalue weighted by molar-refractivity contribution is 5.97. The molecule has 1 aromatic heterocycles. The molecule has 80 valence electrons. The number of hydrogen-bond acceptors (Lipinski definition) is 4. The Bertz CT molecular complexity index is 526. The van der Waals surface area contributed by atoms with Crippen LogP contribution < -0.4 is 5.73 Å². The van der Waals surface area contributed by atoms with Gasteiger partial charge >= 0.3 is 5.97 Å². The van der Waals surface area contributed by atoms with Crippen molar-refractivity contribution in [2.45, 2.75) is 0 Å². The van der Waals surface area contributed by atoms with E-state index in [-0.39, 0.29) is 11.3 Å². The first-order valence-corrected chi connectivity index (χ1v) is 4.58. The van der Waals surface area contributed by atoms with E-state index in [0.717, 1.165) is 0 Å². The molecule has 0 radical (unpaired) electrons. The number of anilines is 1. The van der Waals surface area contributed by atoms with Crippen molar-refractivity contribution in [2.24, 2.45) is 0 Å². The van der Waals surface area contributed by atoms with E-state index in [1.807, 2.05) is 0 Å². The number of aromatic carboxylic acids is 1. The molecule has 5 nitrogen and oxygen atoms in total. The minimum Gasteiger partial charge on any atom is -0.478 e. The SMILES string of the molecule is Nc1c(C(=O)O)cccc1-c1ccncn1. The van der Waals surface area contributed by atoms with Gasteiger partial charge in [0.1, 0.15) is 6.33 Å². The minimum absolute atomic E-state index is 0.0797. The van der Waals surface area contributed by atoms with E-state index >= 15 is 0 Å². The maximum Gasteiger partial charge on any atom is 0.337 e. The Kier molecular flexibility index (Phi) is 2.51. The summed E-state index contributed by atoms with van der Waals surface area (Å²) in [4.78, 5) is 18.7. The number of nitrogen functional groups attached to an aromatic ring is 1. The number of para-hydroxylation sites is 1. The van der Waals surface area contributed by atoms with Gasteiger partial charge < -0.3 is 10.8 Å². The van der Waals surface area contributed by atoms with Gasteiger partial charge in [-0.3, -0.25) is 0 Å². The van der Waals surface area contributed by atoms with E-state index in [4.69, 9.17) is 10.8 Å². The van der Waals surface area contributed by atoms with Crippen LogP contribution in [0.4, 0.5) is 5.69 Å². The molecule has 1 heterocycles. The Balaban J connectivity index is 2.59. The Morgan fingerprint density at radius 1 is 1.31 bits per heavy atom. The van der Waals surface area contributed by atoms with Gasteiger partial charge in [0.25, 0.3) is 0 Å². The van der Waals surface area contributed by atoms with Crippen LogP contribution in [0.25, 0.3) is 11.3 Å². The second-order valence-corrected chi connectivity index (χ2v) is 3.17. The number of nitrogens with zero attached hydrogens (tertiary/aromatic N) is 2. The zero-order valence-corrected chi connectivity index (χ0v) is 8.29. The third kappa shape index (κ3) is 1.70. The minimum atomic E-state index is -1.05. The Morgan fingerprint density at radius 2 is 2.12 bits per heavy atom. The van der Waals surface area contributed by atoms with Gasteiger partial charge in [0.15, 0.2) is 0 Å². The molecule has 0 aliphatic carbocycles. The molecule has 0 spiro atoms. The summed E-state index contributed by atoms with van der Waals surface area (Å²) >= 11 is 0. The molecule has 1 aromatic carbocycles. The van der Waals surface area contributed by atoms with Crippen molar-refractivity contribution >= 4 is 11.7 Å². The molecule has 0 bridgehead atoms. The number of carbonyl (C=O) groups is 1. The molecular formula is C11H9N3O2. The normalized spacial score (nSPS) is 10.0. The van der Waals surface area contributed by atoms with E-state index in [1.54, 1.807) is 24.4 Å². The second-order valence-electron chi connectivity index (χ2n) is 3.17. The van der Waals surface area contributed by atoms with Gasteiger partial charge in [-0.1, -0.05) is 12.1 Å². The smallest absolute Gasteiger partial charge is 0.337 e. The summed E-state index contributed by atoms with van der Waals surface area (Å²) in [6.45, 7) is 0. The van der Waals surface area contributed by atoms with Gasteiger partial charge in [-0.05, 0) is 12.1 Å². The van der Waals surface area contributed by atoms with Gasteiger partial charge in [-0.25, -0.2) is 14.8 Å². The maximum atomic E-state index is 10.9. The summed E-state index contributed by atoms with van der Waals surface area (Å²) in [5.41, 5.74) is 7.28. The van der Waals surface area contributed by atoms with Gasteiger partial charge in [0.2, 0.25) is 0 Å². The molecule has 2 rings (SSSR count). The second kappa shape index (κ2) is 3.98. The number of aromatic nitrogens is 2. The van der Waals surface area contributed by atoms with Crippen molar-refractivity contribution in [3.05, 3.63) is 42.4 Å². The number of rotatable bonds is 2. The van der Waals surface area contributed by atoms with E-state index in [0.29, 0.717) is 11.3 Å². The Morgan fingerprint density at radius 3 is 2.75 bits per heavy atom. The van der Waals surface area contributed by atoms with Crippen LogP contribution in [0.3, 0.4) is 0 Å². The third-order valence-electron chi connectivity index (χ3n) is 2.19. The Hall–Kier alpha value is -2.43. The van der Waals surface area contributed by atoms with Crippen LogP contribution in [0.15, 0.2) is 36.8 Å². The number of carboxylic acids is 1. The fraction of sp³-hybridized carbons (Fsp3) is 0. The summed E-state index contributed by atoms with van der Waals surface area (Å²) < 4.78 is 0. The van der Waals surface area contributed by atoms with E-state index in [1.165, 1.54) is 12.4 Å². The lowest BCUT2D eigenvalue weighted by Crippen LogP contribution is -2.04. The van der Waals surface area contributed by atoms with Crippen LogP contribution in [0.5, 0.6) is 0 Å². The molecule has 0 saturated heterocycles. The highest BCUT2D eigenvalue weighted by Gasteiger charge is 2.12. The van der Waals surface area contributed by atoms with Crippen LogP contribution in [0.1, 0.15) is 10.4 Å². The van der Waals surface area contributed by atoms with Crippen LogP contribution in [-0.4, -0.2) is 21.0 Å². The first kappa shape index (κ1) is 10.1. The van der Waals surface area contributed by atoms with Gasteiger partial charge in [-0.2, -0.15) is 0 Å². The van der Waals surface area contributed by atoms with Gasteiger partial charge in [-0.15, -0.1) is 0 Å². The standard InChI is InChI=1S/C11H9N3O2/c12-10-7(9-4-5-13-6-14-9)2-1-3-8(10)11(15)16/h1-6H,12H2,(H,15,16). The van der Waals surface area contributed by atoms with E-state index < -0.39 is 5.97 Å². The zero-order chi connectivity index (χ0) is 11.5. The van der Waals surface area contributed by atoms with Crippen LogP contribution >= 0.6 is 0 Å². The maximum absolute atomic E-state index is 10.9. The van der Waals surface area contributed by atoms with Gasteiger partial charge in [0, 0.05) is 11.8 Å². The average molecular weight is 215 g/mol. The lowest BCUT2D eigenvalue weighted by Gasteiger charge is -2.06. The molecule has 3 N–H and O–H groups in total. The van der Waals surface area contributed by atoms with Crippen molar-refractivity contribution in [1.82, 2.24) is 9.97 Å². The topological polar surface area (TPSA) is 89.1 Å². The van der Waals surface area contributed by atoms with Crippen LogP contribution in [0, 0.1) is 0 Å². The predicted octanol–water partition coefficient (Wildman–Crippen LogP) is 1.42. The molecular weight excluding hydrogens is 206 g/mol. The summed E-state index contributed by atoms with van der Waals surface area (Å²) in [5.74, 6) is -1.05. The summed E-state index contributed by atoms with van der Waals surface area (Å²) in [6, 6.07) is 6.50. The number of hydrogen-bond donors (Lipinski definition) is 2. The quantitative estimate of drug-likeness (QED) is 0.739. The van der Waals surface area contributed by atoms with E-state index in [2.05, 4.69) is 9.97 Å². The zero-order valence-electron chi connectivity index (χ0n) is 8.29. The molecule has 0 saturated carbocycles. The summed E-state index contributed by atoms with van der Waals surface area (Å²) in [7, 11) is 0. The lowest BCUT2D eigenvalue weighted by molar-refractivity contribution is 0.0698. The van der Waals surface area contributed by atoms with Crippen LogP contribution in [0.2, 0.25) is 0 Å². The van der Waals surface area contributed by atoms with Crippen molar-refractivity contribution in [2.75, 3.05) is 5.73 Å². The van der Waals surface area contributed by atoms with Crippen molar-refractivity contribution < 1.29 is 9.90 Å². The highest BCUT2D eigenvalue weighted by atomic mass is 16.4. The molecule has 2 aromatic rings. The molecule has 16 heavy (non-hydrogen) atoms. The highest BCUT2D eigenvalue weighted by Crippen LogP contribution is 2.26. The molecule has 0 aliphatic heterocycles. The van der Waals surface area contributed by atoms with Crippen LogP contribution in [-0.2, 0) is 0 Å². The largest absolute Gasteiger partial charge is 0.478 e. The molecule has 0 atom stereocenters. The van der Waals surface area contributed by atoms with Crippen molar-refractivity contribution in [1.29, 1.82) is 0 Å². The molecule has 0 amide bonds. The molecule has 0 unspecified atom stereocenters. The monoisotopic (exact) mass is 215 g/mol. The van der Waals surface area contributed by atoms with Crippen molar-refractivity contribution in [3.8, 4) is 11.3 Å². The third-order valence-corrected chi connectivity index (χ3v) is 2.19. The summed E-state index contributed by atoms with van der Waals surface area (Å²) in [6.07, 6.45) is 2.97. The first-order valence-electron chi connectivity index (χ1n) is 4.58. The van der Waals surface area contributed by atoms with E-state index in [9.17, 15) is 4.79 Å². The predicted molar refractivity (Wildman–Crippen MR) is 58.8 cm³/mol. The van der Waals surface area contributed by atoms with Gasteiger partial charge in [0.05, 0.1) is 16.9 Å². The Labute approximate surface area is 91.6 Å². The average Bonchev–Trinajstić information content (AvgIpc) is 2.30. The summed E-state index contributed by atoms with van der Waals surface area (Å²) in [5, 5.41) is 8.92. The molecule has 0 fully saturated rings. The first-order chi connectivity index (χ1) is 7.70. The molecule has 5 heteroatoms. The fourth-order valence-electron chi connectivity index (χ4n) is 1.43. The molecule has 0 aliphatic rings. The lowest BCUT2D eigenvalue weighted by atomic mass is 10.0. The number of carboxylic acid groups (broad SMARTS) is 1. The number of benzene rings is 1. The number of nitrogens with two attached hydrogens (primary N) is 1. The van der Waals surface area contributed by atoms with Crippen molar-refractivity contribution in [3.63, 3.8) is 0 Å².